The Labute approximate surface area is 124 Å². The first-order valence-corrected chi connectivity index (χ1v) is 6.99. The molecular weight excluding hydrogens is 266 g/mol. The highest BCUT2D eigenvalue weighted by Gasteiger charge is 2.15. The molecule has 1 aromatic carbocycles. The van der Waals surface area contributed by atoms with E-state index < -0.39 is 0 Å². The molecule has 5 nitrogen and oxygen atoms in total. The molecule has 0 bridgehead atoms. The van der Waals surface area contributed by atoms with Gasteiger partial charge < -0.3 is 5.32 Å². The summed E-state index contributed by atoms with van der Waals surface area (Å²) in [5.74, 6) is 0.271. The van der Waals surface area contributed by atoms with Crippen LogP contribution in [-0.2, 0) is 6.42 Å². The Balaban J connectivity index is 2.07. The van der Waals surface area contributed by atoms with Gasteiger partial charge in [-0.15, -0.1) is 0 Å². The van der Waals surface area contributed by atoms with E-state index in [-0.39, 0.29) is 16.5 Å². The van der Waals surface area contributed by atoms with E-state index in [1.54, 1.807) is 24.5 Å². The number of nitro groups is 1. The van der Waals surface area contributed by atoms with E-state index in [1.807, 2.05) is 32.0 Å². The fraction of sp³-hybridized carbons (Fsp3) is 0.312. The maximum Gasteiger partial charge on any atom is 0.292 e. The third kappa shape index (κ3) is 4.02. The lowest BCUT2D eigenvalue weighted by Gasteiger charge is -2.10. The molecule has 0 fully saturated rings. The lowest BCUT2D eigenvalue weighted by atomic mass is 10.0. The van der Waals surface area contributed by atoms with Crippen molar-refractivity contribution in [1.82, 2.24) is 4.98 Å². The first kappa shape index (κ1) is 15.0. The lowest BCUT2D eigenvalue weighted by Crippen LogP contribution is -2.07. The van der Waals surface area contributed by atoms with E-state index in [0.29, 0.717) is 12.2 Å². The van der Waals surface area contributed by atoms with Crippen LogP contribution in [-0.4, -0.2) is 16.5 Å². The number of nitrogens with one attached hydrogen (secondary N) is 1. The predicted octanol–water partition coefficient (Wildman–Crippen LogP) is 3.77. The minimum Gasteiger partial charge on any atom is -0.379 e. The number of pyridine rings is 1. The van der Waals surface area contributed by atoms with Gasteiger partial charge in [0, 0.05) is 25.0 Å². The molecular formula is C16H19N3O2. The normalized spacial score (nSPS) is 10.6. The van der Waals surface area contributed by atoms with Crippen LogP contribution in [0.15, 0.2) is 42.7 Å². The molecule has 0 aliphatic rings. The van der Waals surface area contributed by atoms with Crippen molar-refractivity contribution in [2.45, 2.75) is 26.2 Å². The van der Waals surface area contributed by atoms with Crippen molar-refractivity contribution in [3.63, 3.8) is 0 Å². The van der Waals surface area contributed by atoms with E-state index in [2.05, 4.69) is 10.3 Å². The third-order valence-electron chi connectivity index (χ3n) is 3.34. The Bertz CT molecular complexity index is 612. The fourth-order valence-corrected chi connectivity index (χ4v) is 2.10. The number of hydrogen-bond donors (Lipinski definition) is 1. The van der Waals surface area contributed by atoms with Crippen LogP contribution in [0.5, 0.6) is 0 Å². The summed E-state index contributed by atoms with van der Waals surface area (Å²) in [6.45, 7) is 4.68. The van der Waals surface area contributed by atoms with Gasteiger partial charge in [-0.05, 0) is 35.6 Å². The Kier molecular flexibility index (Phi) is 4.87. The molecule has 21 heavy (non-hydrogen) atoms. The zero-order valence-electron chi connectivity index (χ0n) is 12.2. The molecule has 0 atom stereocenters. The second-order valence-corrected chi connectivity index (χ2v) is 5.23. The van der Waals surface area contributed by atoms with Crippen molar-refractivity contribution in [2.75, 3.05) is 11.9 Å². The molecule has 0 saturated carbocycles. The summed E-state index contributed by atoms with van der Waals surface area (Å²) in [5.41, 5.74) is 2.77. The predicted molar refractivity (Wildman–Crippen MR) is 83.6 cm³/mol. The van der Waals surface area contributed by atoms with Crippen LogP contribution in [0.25, 0.3) is 0 Å². The largest absolute Gasteiger partial charge is 0.379 e. The van der Waals surface area contributed by atoms with Gasteiger partial charge in [0.15, 0.2) is 0 Å². The van der Waals surface area contributed by atoms with Gasteiger partial charge in [0.1, 0.15) is 5.69 Å². The van der Waals surface area contributed by atoms with Crippen LogP contribution in [0.2, 0.25) is 0 Å². The smallest absolute Gasteiger partial charge is 0.292 e. The van der Waals surface area contributed by atoms with Crippen LogP contribution in [0.1, 0.15) is 30.9 Å². The quantitative estimate of drug-likeness (QED) is 0.648. The van der Waals surface area contributed by atoms with Crippen LogP contribution in [0.3, 0.4) is 0 Å². The molecule has 0 radical (unpaired) electrons. The van der Waals surface area contributed by atoms with E-state index in [1.165, 1.54) is 0 Å². The molecule has 2 rings (SSSR count). The standard InChI is InChI=1S/C16H19N3O2/c1-12(2)14-5-6-15(16(10-14)19(20)21)18-9-7-13-4-3-8-17-11-13/h3-6,8,10-12,18H,7,9H2,1-2H3. The summed E-state index contributed by atoms with van der Waals surface area (Å²) in [6.07, 6.45) is 4.31. The Morgan fingerprint density at radius 3 is 2.76 bits per heavy atom. The second kappa shape index (κ2) is 6.83. The molecule has 2 aromatic rings. The number of nitrogens with zero attached hydrogens (tertiary/aromatic N) is 2. The van der Waals surface area contributed by atoms with Gasteiger partial charge in [-0.25, -0.2) is 0 Å². The molecule has 1 heterocycles. The molecule has 0 aliphatic carbocycles. The molecule has 0 spiro atoms. The maximum atomic E-state index is 11.2. The second-order valence-electron chi connectivity index (χ2n) is 5.23. The average Bonchev–Trinajstić information content (AvgIpc) is 2.48. The molecule has 0 aliphatic heterocycles. The van der Waals surface area contributed by atoms with Gasteiger partial charge in [-0.3, -0.25) is 15.1 Å². The van der Waals surface area contributed by atoms with Crippen molar-refractivity contribution >= 4 is 11.4 Å². The van der Waals surface area contributed by atoms with Crippen LogP contribution >= 0.6 is 0 Å². The zero-order valence-corrected chi connectivity index (χ0v) is 12.2. The lowest BCUT2D eigenvalue weighted by molar-refractivity contribution is -0.384. The third-order valence-corrected chi connectivity index (χ3v) is 3.34. The average molecular weight is 285 g/mol. The SMILES string of the molecule is CC(C)c1ccc(NCCc2cccnc2)c([N+](=O)[O-])c1. The van der Waals surface area contributed by atoms with E-state index in [4.69, 9.17) is 0 Å². The van der Waals surface area contributed by atoms with E-state index >= 15 is 0 Å². The van der Waals surface area contributed by atoms with Crippen molar-refractivity contribution in [2.24, 2.45) is 0 Å². The van der Waals surface area contributed by atoms with Gasteiger partial charge in [0.2, 0.25) is 0 Å². The highest BCUT2D eigenvalue weighted by molar-refractivity contribution is 5.63. The monoisotopic (exact) mass is 285 g/mol. The Morgan fingerprint density at radius 1 is 1.33 bits per heavy atom. The molecule has 110 valence electrons. The first-order chi connectivity index (χ1) is 10.1. The summed E-state index contributed by atoms with van der Waals surface area (Å²) in [7, 11) is 0. The molecule has 5 heteroatoms. The Morgan fingerprint density at radius 2 is 2.14 bits per heavy atom. The van der Waals surface area contributed by atoms with Gasteiger partial charge in [0.05, 0.1) is 4.92 Å². The number of rotatable bonds is 6. The van der Waals surface area contributed by atoms with Crippen LogP contribution in [0.4, 0.5) is 11.4 Å². The van der Waals surface area contributed by atoms with Crippen molar-refractivity contribution in [1.29, 1.82) is 0 Å². The van der Waals surface area contributed by atoms with Gasteiger partial charge in [-0.1, -0.05) is 26.0 Å². The minimum absolute atomic E-state index is 0.132. The number of hydrogen-bond acceptors (Lipinski definition) is 4. The van der Waals surface area contributed by atoms with E-state index in [0.717, 1.165) is 17.5 Å². The fourth-order valence-electron chi connectivity index (χ4n) is 2.10. The van der Waals surface area contributed by atoms with Gasteiger partial charge >= 0.3 is 0 Å². The van der Waals surface area contributed by atoms with Crippen LogP contribution in [0, 0.1) is 10.1 Å². The van der Waals surface area contributed by atoms with Gasteiger partial charge in [-0.2, -0.15) is 0 Å². The molecule has 1 aromatic heterocycles. The van der Waals surface area contributed by atoms with Crippen molar-refractivity contribution < 1.29 is 4.92 Å². The highest BCUT2D eigenvalue weighted by atomic mass is 16.6. The number of benzene rings is 1. The number of nitro benzene ring substituents is 1. The topological polar surface area (TPSA) is 68.1 Å². The maximum absolute atomic E-state index is 11.2. The Hall–Kier alpha value is -2.43. The number of aromatic nitrogens is 1. The molecule has 0 unspecified atom stereocenters. The summed E-state index contributed by atoms with van der Waals surface area (Å²) in [6, 6.07) is 9.25. The molecule has 0 amide bonds. The number of anilines is 1. The van der Waals surface area contributed by atoms with E-state index in [9.17, 15) is 10.1 Å². The summed E-state index contributed by atoms with van der Waals surface area (Å²) < 4.78 is 0. The van der Waals surface area contributed by atoms with Gasteiger partial charge in [0.25, 0.3) is 5.69 Å². The summed E-state index contributed by atoms with van der Waals surface area (Å²) in [5, 5.41) is 14.3. The van der Waals surface area contributed by atoms with Crippen LogP contribution < -0.4 is 5.32 Å². The minimum atomic E-state index is -0.335. The first-order valence-electron chi connectivity index (χ1n) is 6.99. The van der Waals surface area contributed by atoms with Crippen molar-refractivity contribution in [3.8, 4) is 0 Å². The molecule has 1 N–H and O–H groups in total. The summed E-state index contributed by atoms with van der Waals surface area (Å²) >= 11 is 0. The zero-order chi connectivity index (χ0) is 15.2. The molecule has 0 saturated heterocycles. The highest BCUT2D eigenvalue weighted by Crippen LogP contribution is 2.28. The van der Waals surface area contributed by atoms with Crippen molar-refractivity contribution in [3.05, 3.63) is 64.0 Å². The summed E-state index contributed by atoms with van der Waals surface area (Å²) in [4.78, 5) is 14.9.